The van der Waals surface area contributed by atoms with Gasteiger partial charge < -0.3 is 10.5 Å². The molecule has 3 heteroatoms. The van der Waals surface area contributed by atoms with Gasteiger partial charge >= 0.3 is 0 Å². The lowest BCUT2D eigenvalue weighted by Gasteiger charge is -2.09. The van der Waals surface area contributed by atoms with E-state index in [0.29, 0.717) is 0 Å². The molecule has 0 atom stereocenters. The molecule has 0 amide bonds. The average molecular weight is 391 g/mol. The number of anilines is 1. The Morgan fingerprint density at radius 2 is 1.59 bits per heavy atom. The summed E-state index contributed by atoms with van der Waals surface area (Å²) in [6.07, 6.45) is 11.3. The highest BCUT2D eigenvalue weighted by atomic mass is 16.5. The number of unbranched alkanes of at least 4 members (excludes halogenated alkanes) is 7. The molecule has 3 rings (SSSR count). The molecule has 1 heterocycles. The number of pyridine rings is 1. The van der Waals surface area contributed by atoms with Gasteiger partial charge in [-0.1, -0.05) is 82.2 Å². The Balaban J connectivity index is 1.46. The third-order valence-corrected chi connectivity index (χ3v) is 5.35. The first-order valence-corrected chi connectivity index (χ1v) is 11.1. The Morgan fingerprint density at radius 1 is 0.828 bits per heavy atom. The van der Waals surface area contributed by atoms with Gasteiger partial charge in [0.15, 0.2) is 0 Å². The molecule has 2 aromatic carbocycles. The van der Waals surface area contributed by atoms with E-state index in [1.807, 2.05) is 36.4 Å². The zero-order chi connectivity index (χ0) is 20.3. The molecule has 3 aromatic rings. The number of nitrogen functional groups attached to an aromatic ring is 1. The second-order valence-corrected chi connectivity index (χ2v) is 7.87. The maximum absolute atomic E-state index is 6.22. The smallest absolute Gasteiger partial charge is 0.119 e. The Morgan fingerprint density at radius 3 is 2.41 bits per heavy atom. The molecule has 0 aliphatic heterocycles. The van der Waals surface area contributed by atoms with Crippen molar-refractivity contribution < 1.29 is 4.74 Å². The van der Waals surface area contributed by atoms with Crippen LogP contribution in [-0.2, 0) is 6.42 Å². The van der Waals surface area contributed by atoms with Crippen LogP contribution in [0.3, 0.4) is 0 Å². The van der Waals surface area contributed by atoms with Gasteiger partial charge in [-0.2, -0.15) is 0 Å². The van der Waals surface area contributed by atoms with E-state index in [9.17, 15) is 0 Å². The zero-order valence-corrected chi connectivity index (χ0v) is 17.7. The van der Waals surface area contributed by atoms with Crippen molar-refractivity contribution >= 4 is 16.6 Å². The van der Waals surface area contributed by atoms with Gasteiger partial charge in [0.05, 0.1) is 12.1 Å². The third-order valence-electron chi connectivity index (χ3n) is 5.35. The lowest BCUT2D eigenvalue weighted by Crippen LogP contribution is -1.99. The standard InChI is InChI=1S/C26H34N2O/c1-2-3-4-5-6-7-8-11-17-29-23-14-12-13-21(19-23)18-22-20-25(27)24-15-9-10-16-26(24)28-22/h9-10,12-16,19-20H,2-8,11,17-18H2,1H3,(H2,27,28). The van der Waals surface area contributed by atoms with E-state index >= 15 is 0 Å². The maximum atomic E-state index is 6.22. The molecule has 2 N–H and O–H groups in total. The SMILES string of the molecule is CCCCCCCCCCOc1cccc(Cc2cc(N)c3ccccc3n2)c1. The number of rotatable bonds is 12. The Labute approximate surface area is 175 Å². The summed E-state index contributed by atoms with van der Waals surface area (Å²) in [5.74, 6) is 0.944. The van der Waals surface area contributed by atoms with Crippen molar-refractivity contribution in [3.63, 3.8) is 0 Å². The number of para-hydroxylation sites is 1. The summed E-state index contributed by atoms with van der Waals surface area (Å²) < 4.78 is 5.98. The second-order valence-electron chi connectivity index (χ2n) is 7.87. The quantitative estimate of drug-likeness (QED) is 0.341. The van der Waals surface area contributed by atoms with E-state index < -0.39 is 0 Å². The summed E-state index contributed by atoms with van der Waals surface area (Å²) in [5, 5.41) is 1.01. The van der Waals surface area contributed by atoms with E-state index in [4.69, 9.17) is 15.5 Å². The minimum atomic E-state index is 0.754. The zero-order valence-electron chi connectivity index (χ0n) is 17.7. The molecule has 0 aliphatic carbocycles. The topological polar surface area (TPSA) is 48.1 Å². The van der Waals surface area contributed by atoms with Crippen LogP contribution in [-0.4, -0.2) is 11.6 Å². The average Bonchev–Trinajstić information content (AvgIpc) is 2.73. The summed E-state index contributed by atoms with van der Waals surface area (Å²) in [6, 6.07) is 18.3. The molecule has 1 aromatic heterocycles. The molecule has 0 saturated heterocycles. The Kier molecular flexibility index (Phi) is 8.36. The first-order chi connectivity index (χ1) is 14.3. The number of aromatic nitrogens is 1. The highest BCUT2D eigenvalue weighted by molar-refractivity contribution is 5.90. The summed E-state index contributed by atoms with van der Waals surface area (Å²) in [6.45, 7) is 3.06. The summed E-state index contributed by atoms with van der Waals surface area (Å²) in [7, 11) is 0. The molecule has 0 saturated carbocycles. The van der Waals surface area contributed by atoms with Crippen molar-refractivity contribution in [1.29, 1.82) is 0 Å². The molecular formula is C26H34N2O. The van der Waals surface area contributed by atoms with Crippen molar-refractivity contribution in [1.82, 2.24) is 4.98 Å². The van der Waals surface area contributed by atoms with Crippen molar-refractivity contribution in [2.24, 2.45) is 0 Å². The molecule has 3 nitrogen and oxygen atoms in total. The molecule has 0 spiro atoms. The predicted molar refractivity (Wildman–Crippen MR) is 124 cm³/mol. The number of hydrogen-bond acceptors (Lipinski definition) is 3. The van der Waals surface area contributed by atoms with Gasteiger partial charge in [0.2, 0.25) is 0 Å². The number of nitrogens with zero attached hydrogens (tertiary/aromatic N) is 1. The molecule has 0 bridgehead atoms. The van der Waals surface area contributed by atoms with Crippen LogP contribution >= 0.6 is 0 Å². The van der Waals surface area contributed by atoms with Crippen LogP contribution < -0.4 is 10.5 Å². The lowest BCUT2D eigenvalue weighted by molar-refractivity contribution is 0.304. The normalized spacial score (nSPS) is 11.1. The van der Waals surface area contributed by atoms with Crippen LogP contribution in [0.25, 0.3) is 10.9 Å². The summed E-state index contributed by atoms with van der Waals surface area (Å²) >= 11 is 0. The number of hydrogen-bond donors (Lipinski definition) is 1. The molecule has 0 aliphatic rings. The minimum Gasteiger partial charge on any atom is -0.494 e. The van der Waals surface area contributed by atoms with Crippen LogP contribution in [0.15, 0.2) is 54.6 Å². The largest absolute Gasteiger partial charge is 0.494 e. The molecule has 0 fully saturated rings. The van der Waals surface area contributed by atoms with Crippen LogP contribution in [0.2, 0.25) is 0 Å². The first-order valence-electron chi connectivity index (χ1n) is 11.1. The number of fused-ring (bicyclic) bond motifs is 1. The fraction of sp³-hybridized carbons (Fsp3) is 0.423. The van der Waals surface area contributed by atoms with Crippen molar-refractivity contribution in [2.45, 2.75) is 64.7 Å². The fourth-order valence-corrected chi connectivity index (χ4v) is 3.73. The van der Waals surface area contributed by atoms with Gasteiger partial charge in [-0.15, -0.1) is 0 Å². The van der Waals surface area contributed by atoms with Crippen LogP contribution in [0.5, 0.6) is 5.75 Å². The molecule has 29 heavy (non-hydrogen) atoms. The molecule has 0 radical (unpaired) electrons. The summed E-state index contributed by atoms with van der Waals surface area (Å²) in [5.41, 5.74) is 10.1. The minimum absolute atomic E-state index is 0.754. The fourth-order valence-electron chi connectivity index (χ4n) is 3.73. The van der Waals surface area contributed by atoms with E-state index in [-0.39, 0.29) is 0 Å². The van der Waals surface area contributed by atoms with E-state index in [1.165, 1.54) is 50.5 Å². The lowest BCUT2D eigenvalue weighted by atomic mass is 10.1. The van der Waals surface area contributed by atoms with E-state index in [0.717, 1.165) is 47.5 Å². The Hall–Kier alpha value is -2.55. The van der Waals surface area contributed by atoms with Gasteiger partial charge in [0.1, 0.15) is 5.75 Å². The van der Waals surface area contributed by atoms with Gasteiger partial charge in [-0.3, -0.25) is 4.98 Å². The summed E-state index contributed by atoms with van der Waals surface area (Å²) in [4.78, 5) is 4.76. The van der Waals surface area contributed by atoms with Crippen LogP contribution in [0, 0.1) is 0 Å². The highest BCUT2D eigenvalue weighted by Gasteiger charge is 2.05. The molecular weight excluding hydrogens is 356 g/mol. The maximum Gasteiger partial charge on any atom is 0.119 e. The third kappa shape index (κ3) is 6.77. The van der Waals surface area contributed by atoms with Crippen molar-refractivity contribution in [3.05, 3.63) is 65.9 Å². The first kappa shape index (κ1) is 21.2. The van der Waals surface area contributed by atoms with Gasteiger partial charge in [0, 0.05) is 23.2 Å². The monoisotopic (exact) mass is 390 g/mol. The van der Waals surface area contributed by atoms with Gasteiger partial charge in [-0.25, -0.2) is 0 Å². The highest BCUT2D eigenvalue weighted by Crippen LogP contribution is 2.23. The number of nitrogens with two attached hydrogens (primary N) is 1. The number of benzene rings is 2. The number of ether oxygens (including phenoxy) is 1. The molecule has 154 valence electrons. The van der Waals surface area contributed by atoms with E-state index in [1.54, 1.807) is 0 Å². The van der Waals surface area contributed by atoms with Crippen LogP contribution in [0.4, 0.5) is 5.69 Å². The predicted octanol–water partition coefficient (Wildman–Crippen LogP) is 6.93. The Bertz CT molecular complexity index is 891. The van der Waals surface area contributed by atoms with E-state index in [2.05, 4.69) is 25.1 Å². The van der Waals surface area contributed by atoms with Crippen LogP contribution in [0.1, 0.15) is 69.5 Å². The van der Waals surface area contributed by atoms with Crippen molar-refractivity contribution in [2.75, 3.05) is 12.3 Å². The van der Waals surface area contributed by atoms with Gasteiger partial charge in [-0.05, 0) is 36.2 Å². The van der Waals surface area contributed by atoms with Gasteiger partial charge in [0.25, 0.3) is 0 Å². The van der Waals surface area contributed by atoms with Crippen molar-refractivity contribution in [3.8, 4) is 5.75 Å². The molecule has 0 unspecified atom stereocenters. The second kappa shape index (κ2) is 11.5.